The minimum atomic E-state index is -0.811. The van der Waals surface area contributed by atoms with Crippen LogP contribution < -0.4 is 0 Å². The Balaban J connectivity index is 1.96. The largest absolute Gasteiger partial charge is 0.481 e. The van der Waals surface area contributed by atoms with Gasteiger partial charge in [0.25, 0.3) is 0 Å². The second kappa shape index (κ2) is 5.33. The molecule has 1 saturated heterocycles. The van der Waals surface area contributed by atoms with E-state index in [2.05, 4.69) is 0 Å². The van der Waals surface area contributed by atoms with Gasteiger partial charge in [0.2, 0.25) is 5.91 Å². The van der Waals surface area contributed by atoms with Crippen LogP contribution in [0.15, 0.2) is 17.5 Å². The Morgan fingerprint density at radius 2 is 2.32 bits per heavy atom. The molecule has 1 aliphatic rings. The first kappa shape index (κ1) is 14.1. The van der Waals surface area contributed by atoms with Crippen molar-refractivity contribution in [3.05, 3.63) is 22.4 Å². The molecule has 1 aromatic heterocycles. The van der Waals surface area contributed by atoms with Crippen LogP contribution in [0.25, 0.3) is 0 Å². The lowest BCUT2D eigenvalue weighted by atomic mass is 9.90. The van der Waals surface area contributed by atoms with Crippen molar-refractivity contribution in [3.8, 4) is 0 Å². The van der Waals surface area contributed by atoms with Crippen molar-refractivity contribution in [2.75, 3.05) is 13.1 Å². The fourth-order valence-electron chi connectivity index (χ4n) is 2.45. The molecule has 1 aromatic rings. The highest BCUT2D eigenvalue weighted by Gasteiger charge is 2.42. The average Bonchev–Trinajstić information content (AvgIpc) is 2.98. The Bertz CT molecular complexity index is 471. The molecule has 0 aliphatic carbocycles. The van der Waals surface area contributed by atoms with Crippen molar-refractivity contribution >= 4 is 23.2 Å². The van der Waals surface area contributed by atoms with Crippen molar-refractivity contribution in [1.29, 1.82) is 0 Å². The molecular formula is C14H19NO3S. The molecule has 0 saturated carbocycles. The number of hydrogen-bond acceptors (Lipinski definition) is 3. The third-order valence-electron chi connectivity index (χ3n) is 3.81. The molecule has 1 N–H and O–H groups in total. The molecule has 2 heterocycles. The summed E-state index contributed by atoms with van der Waals surface area (Å²) in [7, 11) is 0. The van der Waals surface area contributed by atoms with Crippen LogP contribution in [0.1, 0.15) is 25.1 Å². The highest BCUT2D eigenvalue weighted by molar-refractivity contribution is 7.09. The minimum absolute atomic E-state index is 0.0679. The molecule has 4 nitrogen and oxygen atoms in total. The van der Waals surface area contributed by atoms with E-state index in [0.29, 0.717) is 19.5 Å². The summed E-state index contributed by atoms with van der Waals surface area (Å²) in [5.41, 5.74) is -0.779. The van der Waals surface area contributed by atoms with E-state index < -0.39 is 11.4 Å². The second-order valence-corrected chi connectivity index (χ2v) is 6.59. The first-order valence-corrected chi connectivity index (χ1v) is 7.35. The van der Waals surface area contributed by atoms with E-state index in [1.807, 2.05) is 24.4 Å². The molecule has 19 heavy (non-hydrogen) atoms. The first-order chi connectivity index (χ1) is 8.92. The number of likely N-dealkylation sites (tertiary alicyclic amines) is 1. The number of rotatable bonds is 4. The molecule has 5 heteroatoms. The van der Waals surface area contributed by atoms with Crippen LogP contribution in [-0.2, 0) is 16.0 Å². The van der Waals surface area contributed by atoms with Gasteiger partial charge in [0.1, 0.15) is 0 Å². The summed E-state index contributed by atoms with van der Waals surface area (Å²) < 4.78 is 0. The van der Waals surface area contributed by atoms with E-state index in [0.717, 1.165) is 6.42 Å². The molecule has 2 rings (SSSR count). The number of aliphatic carboxylic acids is 1. The third kappa shape index (κ3) is 2.97. The molecule has 1 amide bonds. The molecule has 2 unspecified atom stereocenters. The van der Waals surface area contributed by atoms with Crippen LogP contribution in [0, 0.1) is 11.3 Å². The molecule has 0 radical (unpaired) electrons. The number of amides is 1. The van der Waals surface area contributed by atoms with Crippen LogP contribution in [-0.4, -0.2) is 35.0 Å². The standard InChI is InChI=1S/C14H19NO3S/c1-10(8-11-4-3-7-19-11)12(16)15-6-5-14(2,9-15)13(17)18/h3-4,7,10H,5-6,8-9H2,1-2H3,(H,17,18). The number of hydrogen-bond donors (Lipinski definition) is 1. The van der Waals surface area contributed by atoms with Gasteiger partial charge in [0.15, 0.2) is 0 Å². The van der Waals surface area contributed by atoms with Gasteiger partial charge < -0.3 is 10.0 Å². The average molecular weight is 281 g/mol. The molecule has 104 valence electrons. The van der Waals surface area contributed by atoms with E-state index in [-0.39, 0.29) is 11.8 Å². The summed E-state index contributed by atoms with van der Waals surface area (Å²) in [6.45, 7) is 4.51. The van der Waals surface area contributed by atoms with E-state index in [9.17, 15) is 14.7 Å². The summed E-state index contributed by atoms with van der Waals surface area (Å²) in [6, 6.07) is 4.01. The maximum atomic E-state index is 12.3. The van der Waals surface area contributed by atoms with E-state index >= 15 is 0 Å². The zero-order chi connectivity index (χ0) is 14.0. The van der Waals surface area contributed by atoms with Gasteiger partial charge in [0, 0.05) is 23.9 Å². The van der Waals surface area contributed by atoms with Crippen LogP contribution in [0.4, 0.5) is 0 Å². The molecular weight excluding hydrogens is 262 g/mol. The van der Waals surface area contributed by atoms with E-state index in [1.165, 1.54) is 4.88 Å². The Hall–Kier alpha value is -1.36. The Morgan fingerprint density at radius 1 is 1.58 bits per heavy atom. The van der Waals surface area contributed by atoms with E-state index in [1.54, 1.807) is 23.2 Å². The monoisotopic (exact) mass is 281 g/mol. The van der Waals surface area contributed by atoms with Crippen LogP contribution in [0.5, 0.6) is 0 Å². The highest BCUT2D eigenvalue weighted by Crippen LogP contribution is 2.31. The van der Waals surface area contributed by atoms with Gasteiger partial charge in [-0.05, 0) is 31.2 Å². The van der Waals surface area contributed by atoms with Crippen LogP contribution in [0.3, 0.4) is 0 Å². The van der Waals surface area contributed by atoms with Gasteiger partial charge in [-0.25, -0.2) is 0 Å². The number of nitrogens with zero attached hydrogens (tertiary/aromatic N) is 1. The summed E-state index contributed by atoms with van der Waals surface area (Å²) in [4.78, 5) is 26.4. The molecule has 1 fully saturated rings. The molecule has 0 spiro atoms. The van der Waals surface area contributed by atoms with Crippen LogP contribution >= 0.6 is 11.3 Å². The Morgan fingerprint density at radius 3 is 2.84 bits per heavy atom. The number of carboxylic acid groups (broad SMARTS) is 1. The number of carbonyl (C=O) groups excluding carboxylic acids is 1. The summed E-state index contributed by atoms with van der Waals surface area (Å²) in [6.07, 6.45) is 1.27. The predicted octanol–water partition coefficient (Wildman–Crippen LogP) is 2.25. The molecule has 0 bridgehead atoms. The SMILES string of the molecule is CC(Cc1cccs1)C(=O)N1CCC(C)(C(=O)O)C1. The Labute approximate surface area is 117 Å². The predicted molar refractivity (Wildman–Crippen MR) is 74.1 cm³/mol. The lowest BCUT2D eigenvalue weighted by Gasteiger charge is -2.23. The van der Waals surface area contributed by atoms with Crippen molar-refractivity contribution in [2.45, 2.75) is 26.7 Å². The van der Waals surface area contributed by atoms with Gasteiger partial charge in [-0.1, -0.05) is 13.0 Å². The van der Waals surface area contributed by atoms with Crippen molar-refractivity contribution in [2.24, 2.45) is 11.3 Å². The summed E-state index contributed by atoms with van der Waals surface area (Å²) >= 11 is 1.65. The fraction of sp³-hybridized carbons (Fsp3) is 0.571. The minimum Gasteiger partial charge on any atom is -0.481 e. The second-order valence-electron chi connectivity index (χ2n) is 5.56. The van der Waals surface area contributed by atoms with Gasteiger partial charge in [0.05, 0.1) is 5.41 Å². The van der Waals surface area contributed by atoms with Gasteiger partial charge >= 0.3 is 5.97 Å². The van der Waals surface area contributed by atoms with E-state index in [4.69, 9.17) is 0 Å². The molecule has 1 aliphatic heterocycles. The fourth-order valence-corrected chi connectivity index (χ4v) is 3.29. The van der Waals surface area contributed by atoms with Crippen molar-refractivity contribution in [1.82, 2.24) is 4.90 Å². The lowest BCUT2D eigenvalue weighted by Crippen LogP contribution is -2.37. The molecule has 2 atom stereocenters. The number of carbonyl (C=O) groups is 2. The summed E-state index contributed by atoms with van der Waals surface area (Å²) in [5, 5.41) is 11.2. The van der Waals surface area contributed by atoms with Gasteiger partial charge in [-0.3, -0.25) is 9.59 Å². The van der Waals surface area contributed by atoms with Gasteiger partial charge in [-0.15, -0.1) is 11.3 Å². The highest BCUT2D eigenvalue weighted by atomic mass is 32.1. The molecule has 0 aromatic carbocycles. The lowest BCUT2D eigenvalue weighted by molar-refractivity contribution is -0.147. The van der Waals surface area contributed by atoms with Crippen LogP contribution in [0.2, 0.25) is 0 Å². The summed E-state index contributed by atoms with van der Waals surface area (Å²) in [5.74, 6) is -0.832. The third-order valence-corrected chi connectivity index (χ3v) is 4.71. The quantitative estimate of drug-likeness (QED) is 0.921. The smallest absolute Gasteiger partial charge is 0.311 e. The zero-order valence-corrected chi connectivity index (χ0v) is 12.1. The Kier molecular flexibility index (Phi) is 3.94. The first-order valence-electron chi connectivity index (χ1n) is 6.47. The normalized spacial score (nSPS) is 24.4. The van der Waals surface area contributed by atoms with Gasteiger partial charge in [-0.2, -0.15) is 0 Å². The maximum Gasteiger partial charge on any atom is 0.311 e. The maximum absolute atomic E-state index is 12.3. The number of thiophene rings is 1. The van der Waals surface area contributed by atoms with Crippen molar-refractivity contribution < 1.29 is 14.7 Å². The topological polar surface area (TPSA) is 57.6 Å². The number of carboxylic acids is 1. The van der Waals surface area contributed by atoms with Crippen molar-refractivity contribution in [3.63, 3.8) is 0 Å². The zero-order valence-electron chi connectivity index (χ0n) is 11.3.